The zero-order valence-corrected chi connectivity index (χ0v) is 12.9. The van der Waals surface area contributed by atoms with Gasteiger partial charge in [-0.3, -0.25) is 5.41 Å². The molecular weight excluding hydrogens is 268 g/mol. The van der Waals surface area contributed by atoms with Crippen LogP contribution in [0.5, 0.6) is 5.75 Å². The van der Waals surface area contributed by atoms with Crippen LogP contribution in [0.1, 0.15) is 38.2 Å². The van der Waals surface area contributed by atoms with Crippen LogP contribution in [0.15, 0.2) is 24.3 Å². The third-order valence-corrected chi connectivity index (χ3v) is 5.06. The molecule has 1 aromatic carbocycles. The fourth-order valence-electron chi connectivity index (χ4n) is 2.63. The smallest absolute Gasteiger partial charge is 0.122 e. The minimum Gasteiger partial charge on any atom is -0.493 e. The molecule has 2 unspecified atom stereocenters. The van der Waals surface area contributed by atoms with Crippen molar-refractivity contribution in [1.29, 1.82) is 5.41 Å². The first-order chi connectivity index (χ1) is 9.65. The van der Waals surface area contributed by atoms with Gasteiger partial charge in [0, 0.05) is 16.6 Å². The van der Waals surface area contributed by atoms with E-state index in [0.29, 0.717) is 0 Å². The van der Waals surface area contributed by atoms with Crippen LogP contribution in [-0.4, -0.2) is 23.4 Å². The van der Waals surface area contributed by atoms with E-state index in [-0.39, 0.29) is 5.84 Å². The van der Waals surface area contributed by atoms with Gasteiger partial charge in [0.05, 0.1) is 6.61 Å². The van der Waals surface area contributed by atoms with Crippen LogP contribution in [0.3, 0.4) is 0 Å². The van der Waals surface area contributed by atoms with Crippen LogP contribution >= 0.6 is 11.8 Å². The van der Waals surface area contributed by atoms with Gasteiger partial charge < -0.3 is 10.5 Å². The molecule has 1 aliphatic carbocycles. The van der Waals surface area contributed by atoms with E-state index in [1.54, 1.807) is 0 Å². The number of nitrogens with one attached hydrogen (secondary N) is 1. The molecule has 1 aromatic rings. The van der Waals surface area contributed by atoms with E-state index < -0.39 is 0 Å². The topological polar surface area (TPSA) is 59.1 Å². The molecule has 20 heavy (non-hydrogen) atoms. The Labute approximate surface area is 125 Å². The maximum atomic E-state index is 7.34. The standard InChI is InChI=1S/C16H24N2OS/c1-12-3-2-4-15(11-12)20-10-9-19-14-7-5-13(6-8-14)16(17)18/h5-8,12,15H,2-4,9-11H2,1H3,(H3,17,18). The van der Waals surface area contributed by atoms with Crippen molar-refractivity contribution in [2.45, 2.75) is 37.9 Å². The Kier molecular flexibility index (Phi) is 5.77. The fourth-order valence-corrected chi connectivity index (χ4v) is 3.95. The van der Waals surface area contributed by atoms with Gasteiger partial charge >= 0.3 is 0 Å². The summed E-state index contributed by atoms with van der Waals surface area (Å²) >= 11 is 2.05. The molecular formula is C16H24N2OS. The first kappa shape index (κ1) is 15.2. The van der Waals surface area contributed by atoms with Crippen LogP contribution in [-0.2, 0) is 0 Å². The Balaban J connectivity index is 1.66. The molecule has 0 aromatic heterocycles. The maximum absolute atomic E-state index is 7.34. The van der Waals surface area contributed by atoms with Crippen LogP contribution in [0.2, 0.25) is 0 Å². The highest BCUT2D eigenvalue weighted by Crippen LogP contribution is 2.31. The Bertz CT molecular complexity index is 433. The van der Waals surface area contributed by atoms with Crippen molar-refractivity contribution in [3.8, 4) is 5.75 Å². The quantitative estimate of drug-likeness (QED) is 0.478. The van der Waals surface area contributed by atoms with Crippen LogP contribution in [0.25, 0.3) is 0 Å². The fraction of sp³-hybridized carbons (Fsp3) is 0.562. The summed E-state index contributed by atoms with van der Waals surface area (Å²) in [5, 5.41) is 8.16. The lowest BCUT2D eigenvalue weighted by atomic mass is 9.91. The zero-order valence-electron chi connectivity index (χ0n) is 12.1. The lowest BCUT2D eigenvalue weighted by Gasteiger charge is -2.26. The summed E-state index contributed by atoms with van der Waals surface area (Å²) in [5.41, 5.74) is 6.16. The molecule has 0 amide bonds. The van der Waals surface area contributed by atoms with Crippen molar-refractivity contribution in [2.24, 2.45) is 11.7 Å². The van der Waals surface area contributed by atoms with Crippen molar-refractivity contribution in [3.63, 3.8) is 0 Å². The van der Waals surface area contributed by atoms with Gasteiger partial charge in [-0.1, -0.05) is 19.8 Å². The number of ether oxygens (including phenoxy) is 1. The molecule has 2 rings (SSSR count). The number of thioether (sulfide) groups is 1. The highest BCUT2D eigenvalue weighted by atomic mass is 32.2. The number of rotatable bonds is 6. The molecule has 3 N–H and O–H groups in total. The average molecular weight is 292 g/mol. The second-order valence-corrected chi connectivity index (χ2v) is 6.96. The first-order valence-electron chi connectivity index (χ1n) is 7.34. The second-order valence-electron chi connectivity index (χ2n) is 5.55. The lowest BCUT2D eigenvalue weighted by molar-refractivity contribution is 0.342. The van der Waals surface area contributed by atoms with Gasteiger partial charge in [0.25, 0.3) is 0 Å². The second kappa shape index (κ2) is 7.58. The van der Waals surface area contributed by atoms with Crippen LogP contribution in [0.4, 0.5) is 0 Å². The maximum Gasteiger partial charge on any atom is 0.122 e. The number of benzene rings is 1. The minimum absolute atomic E-state index is 0.0959. The lowest BCUT2D eigenvalue weighted by Crippen LogP contribution is -2.16. The molecule has 0 bridgehead atoms. The monoisotopic (exact) mass is 292 g/mol. The van der Waals surface area contributed by atoms with Gasteiger partial charge in [-0.15, -0.1) is 0 Å². The number of nitrogen functional groups attached to an aromatic ring is 1. The van der Waals surface area contributed by atoms with Crippen molar-refractivity contribution in [2.75, 3.05) is 12.4 Å². The Morgan fingerprint density at radius 2 is 2.10 bits per heavy atom. The number of hydrogen-bond donors (Lipinski definition) is 2. The Hall–Kier alpha value is -1.16. The van der Waals surface area contributed by atoms with Gasteiger partial charge in [0.15, 0.2) is 0 Å². The summed E-state index contributed by atoms with van der Waals surface area (Å²) in [6, 6.07) is 7.41. The highest BCUT2D eigenvalue weighted by molar-refractivity contribution is 7.99. The van der Waals surface area contributed by atoms with Crippen molar-refractivity contribution in [1.82, 2.24) is 0 Å². The minimum atomic E-state index is 0.0959. The third-order valence-electron chi connectivity index (χ3n) is 3.76. The van der Waals surface area contributed by atoms with Gasteiger partial charge in [-0.25, -0.2) is 0 Å². The molecule has 3 nitrogen and oxygen atoms in total. The van der Waals surface area contributed by atoms with Crippen LogP contribution in [0, 0.1) is 11.3 Å². The molecule has 1 aliphatic rings. The summed E-state index contributed by atoms with van der Waals surface area (Å²) in [6.45, 7) is 3.11. The Morgan fingerprint density at radius 3 is 2.75 bits per heavy atom. The predicted octanol–water partition coefficient (Wildman–Crippen LogP) is 3.66. The molecule has 0 heterocycles. The molecule has 1 saturated carbocycles. The SMILES string of the molecule is CC1CCCC(SCCOc2ccc(C(=N)N)cc2)C1. The molecule has 1 fully saturated rings. The summed E-state index contributed by atoms with van der Waals surface area (Å²) in [7, 11) is 0. The summed E-state index contributed by atoms with van der Waals surface area (Å²) in [4.78, 5) is 0. The van der Waals surface area contributed by atoms with Gasteiger partial charge in [-0.05, 0) is 43.0 Å². The van der Waals surface area contributed by atoms with Gasteiger partial charge in [-0.2, -0.15) is 11.8 Å². The normalized spacial score (nSPS) is 22.4. The zero-order chi connectivity index (χ0) is 14.4. The van der Waals surface area contributed by atoms with Gasteiger partial charge in [0.1, 0.15) is 11.6 Å². The van der Waals surface area contributed by atoms with E-state index in [4.69, 9.17) is 15.9 Å². The molecule has 110 valence electrons. The van der Waals surface area contributed by atoms with Crippen molar-refractivity contribution >= 4 is 17.6 Å². The largest absolute Gasteiger partial charge is 0.493 e. The summed E-state index contributed by atoms with van der Waals surface area (Å²) in [6.07, 6.45) is 5.50. The predicted molar refractivity (Wildman–Crippen MR) is 86.8 cm³/mol. The highest BCUT2D eigenvalue weighted by Gasteiger charge is 2.18. The summed E-state index contributed by atoms with van der Waals surface area (Å²) < 4.78 is 5.73. The van der Waals surface area contributed by atoms with E-state index in [1.807, 2.05) is 36.0 Å². The molecule has 0 spiro atoms. The van der Waals surface area contributed by atoms with E-state index in [1.165, 1.54) is 25.7 Å². The molecule has 0 aliphatic heterocycles. The van der Waals surface area contributed by atoms with E-state index in [0.717, 1.165) is 34.8 Å². The van der Waals surface area contributed by atoms with E-state index >= 15 is 0 Å². The first-order valence-corrected chi connectivity index (χ1v) is 8.39. The number of amidine groups is 1. The van der Waals surface area contributed by atoms with Gasteiger partial charge in [0.2, 0.25) is 0 Å². The Morgan fingerprint density at radius 1 is 1.35 bits per heavy atom. The summed E-state index contributed by atoms with van der Waals surface area (Å²) in [5.74, 6) is 2.89. The van der Waals surface area contributed by atoms with E-state index in [2.05, 4.69) is 6.92 Å². The molecule has 4 heteroatoms. The number of nitrogens with two attached hydrogens (primary N) is 1. The van der Waals surface area contributed by atoms with Crippen molar-refractivity contribution in [3.05, 3.63) is 29.8 Å². The molecule has 2 atom stereocenters. The molecule has 0 radical (unpaired) electrons. The van der Waals surface area contributed by atoms with E-state index in [9.17, 15) is 0 Å². The van der Waals surface area contributed by atoms with Crippen molar-refractivity contribution < 1.29 is 4.74 Å². The average Bonchev–Trinajstić information content (AvgIpc) is 2.44. The third kappa shape index (κ3) is 4.75. The molecule has 0 saturated heterocycles. The van der Waals surface area contributed by atoms with Crippen LogP contribution < -0.4 is 10.5 Å². The number of hydrogen-bond acceptors (Lipinski definition) is 3.